The van der Waals surface area contributed by atoms with Crippen LogP contribution in [0.4, 0.5) is 5.69 Å². The first kappa shape index (κ1) is 19.7. The van der Waals surface area contributed by atoms with Crippen molar-refractivity contribution in [3.8, 4) is 17.2 Å². The lowest BCUT2D eigenvalue weighted by Crippen LogP contribution is -2.15. The van der Waals surface area contributed by atoms with Crippen LogP contribution in [0, 0.1) is 6.92 Å². The van der Waals surface area contributed by atoms with E-state index in [4.69, 9.17) is 9.47 Å². The van der Waals surface area contributed by atoms with E-state index < -0.39 is 0 Å². The maximum Gasteiger partial charge on any atom is 0.234 e. The molecule has 9 heteroatoms. The van der Waals surface area contributed by atoms with Crippen molar-refractivity contribution >= 4 is 23.4 Å². The Morgan fingerprint density at radius 1 is 1.21 bits per heavy atom. The van der Waals surface area contributed by atoms with Gasteiger partial charge in [-0.2, -0.15) is 4.68 Å². The first-order chi connectivity index (χ1) is 13.6. The summed E-state index contributed by atoms with van der Waals surface area (Å²) in [6.45, 7) is 4.39. The number of nitrogens with zero attached hydrogens (tertiary/aromatic N) is 4. The second-order valence-corrected chi connectivity index (χ2v) is 6.76. The lowest BCUT2D eigenvalue weighted by molar-refractivity contribution is -0.113. The van der Waals surface area contributed by atoms with Gasteiger partial charge in [-0.15, -0.1) is 5.10 Å². The molecule has 1 aromatic heterocycles. The highest BCUT2D eigenvalue weighted by Crippen LogP contribution is 2.28. The van der Waals surface area contributed by atoms with Crippen molar-refractivity contribution < 1.29 is 14.3 Å². The lowest BCUT2D eigenvalue weighted by atomic mass is 10.2. The van der Waals surface area contributed by atoms with Crippen molar-refractivity contribution in [2.75, 3.05) is 24.8 Å². The summed E-state index contributed by atoms with van der Waals surface area (Å²) in [5.41, 5.74) is 2.40. The molecule has 0 unspecified atom stereocenters. The number of aryl methyl sites for hydroxylation is 1. The summed E-state index contributed by atoms with van der Waals surface area (Å²) in [5, 5.41) is 15.2. The number of anilines is 1. The van der Waals surface area contributed by atoms with Gasteiger partial charge >= 0.3 is 0 Å². The lowest BCUT2D eigenvalue weighted by Gasteiger charge is -2.12. The second kappa shape index (κ2) is 9.23. The Labute approximate surface area is 167 Å². The monoisotopic (exact) mass is 399 g/mol. The number of carbonyl (C=O) groups is 1. The zero-order chi connectivity index (χ0) is 19.9. The number of carbonyl (C=O) groups excluding carboxylic acids is 1. The Morgan fingerprint density at radius 3 is 2.82 bits per heavy atom. The molecule has 3 rings (SSSR count). The van der Waals surface area contributed by atoms with E-state index in [-0.39, 0.29) is 11.7 Å². The summed E-state index contributed by atoms with van der Waals surface area (Å²) in [7, 11) is 1.59. The van der Waals surface area contributed by atoms with Crippen LogP contribution in [-0.2, 0) is 4.79 Å². The Kier molecular flexibility index (Phi) is 6.49. The van der Waals surface area contributed by atoms with Crippen molar-refractivity contribution in [2.24, 2.45) is 0 Å². The summed E-state index contributed by atoms with van der Waals surface area (Å²) in [4.78, 5) is 12.4. The van der Waals surface area contributed by atoms with Gasteiger partial charge in [-0.3, -0.25) is 4.79 Å². The van der Waals surface area contributed by atoms with Crippen LogP contribution >= 0.6 is 11.8 Å². The topological polar surface area (TPSA) is 91.2 Å². The summed E-state index contributed by atoms with van der Waals surface area (Å²) in [6.07, 6.45) is 0. The Bertz CT molecular complexity index is 960. The highest BCUT2D eigenvalue weighted by atomic mass is 32.2. The molecule has 3 aromatic rings. The molecule has 1 amide bonds. The molecule has 2 aromatic carbocycles. The number of tetrazole rings is 1. The fraction of sp³-hybridized carbons (Fsp3) is 0.263. The first-order valence-electron chi connectivity index (χ1n) is 8.70. The van der Waals surface area contributed by atoms with Crippen LogP contribution in [0.2, 0.25) is 0 Å². The van der Waals surface area contributed by atoms with Gasteiger partial charge in [0.2, 0.25) is 11.1 Å². The Hall–Kier alpha value is -3.07. The largest absolute Gasteiger partial charge is 0.494 e. The van der Waals surface area contributed by atoms with Gasteiger partial charge in [-0.05, 0) is 54.1 Å². The van der Waals surface area contributed by atoms with Crippen LogP contribution in [0.15, 0.2) is 47.6 Å². The minimum atomic E-state index is -0.178. The molecule has 0 saturated carbocycles. The van der Waals surface area contributed by atoms with Crippen molar-refractivity contribution in [3.63, 3.8) is 0 Å². The molecule has 0 atom stereocenters. The number of hydrogen-bond acceptors (Lipinski definition) is 7. The van der Waals surface area contributed by atoms with Gasteiger partial charge in [0.05, 0.1) is 25.2 Å². The number of thioether (sulfide) groups is 1. The van der Waals surface area contributed by atoms with Gasteiger partial charge < -0.3 is 14.8 Å². The molecule has 1 N–H and O–H groups in total. The Balaban J connectivity index is 1.71. The van der Waals surface area contributed by atoms with E-state index in [0.717, 1.165) is 11.3 Å². The molecule has 0 aliphatic heterocycles. The van der Waals surface area contributed by atoms with E-state index in [0.29, 0.717) is 28.9 Å². The number of para-hydroxylation sites is 2. The maximum absolute atomic E-state index is 12.4. The molecule has 1 heterocycles. The minimum Gasteiger partial charge on any atom is -0.494 e. The highest BCUT2D eigenvalue weighted by molar-refractivity contribution is 7.99. The molecular weight excluding hydrogens is 378 g/mol. The van der Waals surface area contributed by atoms with Crippen LogP contribution in [0.25, 0.3) is 5.69 Å². The fourth-order valence-corrected chi connectivity index (χ4v) is 3.24. The zero-order valence-corrected chi connectivity index (χ0v) is 16.7. The van der Waals surface area contributed by atoms with Gasteiger partial charge in [0.1, 0.15) is 17.2 Å². The fourth-order valence-electron chi connectivity index (χ4n) is 2.55. The van der Waals surface area contributed by atoms with Crippen molar-refractivity contribution in [1.82, 2.24) is 20.2 Å². The van der Waals surface area contributed by atoms with Gasteiger partial charge in [-0.1, -0.05) is 30.0 Å². The van der Waals surface area contributed by atoms with Crippen molar-refractivity contribution in [3.05, 3.63) is 48.0 Å². The first-order valence-corrected chi connectivity index (χ1v) is 9.68. The molecule has 0 radical (unpaired) electrons. The van der Waals surface area contributed by atoms with E-state index in [1.54, 1.807) is 17.9 Å². The summed E-state index contributed by atoms with van der Waals surface area (Å²) < 4.78 is 12.5. The molecule has 0 bridgehead atoms. The van der Waals surface area contributed by atoms with Gasteiger partial charge in [0.15, 0.2) is 0 Å². The van der Waals surface area contributed by atoms with Gasteiger partial charge in [0.25, 0.3) is 0 Å². The molecule has 0 aliphatic rings. The zero-order valence-electron chi connectivity index (χ0n) is 15.9. The van der Waals surface area contributed by atoms with E-state index in [1.807, 2.05) is 50.2 Å². The molecular formula is C19H21N5O3S. The number of rotatable bonds is 8. The van der Waals surface area contributed by atoms with Crippen LogP contribution in [0.3, 0.4) is 0 Å². The molecule has 0 spiro atoms. The van der Waals surface area contributed by atoms with Gasteiger partial charge in [0, 0.05) is 0 Å². The van der Waals surface area contributed by atoms with Crippen LogP contribution in [-0.4, -0.2) is 45.6 Å². The maximum atomic E-state index is 12.4. The van der Waals surface area contributed by atoms with Crippen LogP contribution in [0.1, 0.15) is 12.5 Å². The van der Waals surface area contributed by atoms with E-state index in [1.165, 1.54) is 11.8 Å². The summed E-state index contributed by atoms with van der Waals surface area (Å²) in [5.74, 6) is 1.25. The standard InChI is InChI=1S/C19H21N5O3S/c1-4-27-16-8-6-5-7-14(16)20-18(25)12-28-19-21-22-23-24(19)15-11-13(2)9-10-17(15)26-3/h5-11H,4,12H2,1-3H3,(H,20,25). The third-order valence-corrected chi connectivity index (χ3v) is 4.72. The number of benzene rings is 2. The molecule has 8 nitrogen and oxygen atoms in total. The quantitative estimate of drug-likeness (QED) is 0.582. The average molecular weight is 399 g/mol. The molecule has 146 valence electrons. The number of methoxy groups -OCH3 is 1. The molecule has 0 fully saturated rings. The smallest absolute Gasteiger partial charge is 0.234 e. The van der Waals surface area contributed by atoms with Crippen LogP contribution in [0.5, 0.6) is 11.5 Å². The Morgan fingerprint density at radius 2 is 2.04 bits per heavy atom. The predicted molar refractivity (Wildman–Crippen MR) is 107 cm³/mol. The van der Waals surface area contributed by atoms with Crippen molar-refractivity contribution in [2.45, 2.75) is 19.0 Å². The predicted octanol–water partition coefficient (Wildman–Crippen LogP) is 3.11. The minimum absolute atomic E-state index is 0.148. The normalized spacial score (nSPS) is 10.5. The average Bonchev–Trinajstić information content (AvgIpc) is 3.16. The second-order valence-electron chi connectivity index (χ2n) is 5.81. The molecule has 0 saturated heterocycles. The number of amides is 1. The molecule has 28 heavy (non-hydrogen) atoms. The number of hydrogen-bond donors (Lipinski definition) is 1. The molecule has 0 aliphatic carbocycles. The highest BCUT2D eigenvalue weighted by Gasteiger charge is 2.16. The third-order valence-electron chi connectivity index (χ3n) is 3.80. The third kappa shape index (κ3) is 4.61. The van der Waals surface area contributed by atoms with E-state index >= 15 is 0 Å². The number of nitrogens with one attached hydrogen (secondary N) is 1. The van der Waals surface area contributed by atoms with E-state index in [9.17, 15) is 4.79 Å². The summed E-state index contributed by atoms with van der Waals surface area (Å²) in [6, 6.07) is 13.1. The number of ether oxygens (including phenoxy) is 2. The SMILES string of the molecule is CCOc1ccccc1NC(=O)CSc1nnnn1-c1cc(C)ccc1OC. The van der Waals surface area contributed by atoms with Crippen LogP contribution < -0.4 is 14.8 Å². The van der Waals surface area contributed by atoms with Gasteiger partial charge in [-0.25, -0.2) is 0 Å². The number of aromatic nitrogens is 4. The van der Waals surface area contributed by atoms with E-state index in [2.05, 4.69) is 20.8 Å². The van der Waals surface area contributed by atoms with Crippen molar-refractivity contribution in [1.29, 1.82) is 0 Å². The summed E-state index contributed by atoms with van der Waals surface area (Å²) >= 11 is 1.24.